The van der Waals surface area contributed by atoms with Crippen LogP contribution in [0.25, 0.3) is 0 Å². The van der Waals surface area contributed by atoms with Crippen LogP contribution in [0.2, 0.25) is 0 Å². The summed E-state index contributed by atoms with van der Waals surface area (Å²) in [6.07, 6.45) is 1.79. The highest BCUT2D eigenvalue weighted by molar-refractivity contribution is 5.95. The van der Waals surface area contributed by atoms with E-state index in [0.717, 1.165) is 18.4 Å². The van der Waals surface area contributed by atoms with Crippen LogP contribution in [-0.4, -0.2) is 18.6 Å². The number of hydrogen-bond acceptors (Lipinski definition) is 3. The van der Waals surface area contributed by atoms with Crippen molar-refractivity contribution in [3.05, 3.63) is 47.2 Å². The van der Waals surface area contributed by atoms with Crippen molar-refractivity contribution >= 4 is 12.0 Å². The van der Waals surface area contributed by atoms with Crippen LogP contribution < -0.4 is 10.6 Å². The van der Waals surface area contributed by atoms with Crippen LogP contribution in [0, 0.1) is 0 Å². The van der Waals surface area contributed by atoms with Crippen molar-refractivity contribution in [2.45, 2.75) is 32.7 Å². The van der Waals surface area contributed by atoms with Crippen LogP contribution in [-0.2, 0) is 9.53 Å². The van der Waals surface area contributed by atoms with E-state index in [9.17, 15) is 9.59 Å². The van der Waals surface area contributed by atoms with Crippen molar-refractivity contribution in [2.75, 3.05) is 6.61 Å². The monoisotopic (exact) mass is 288 g/mol. The molecule has 0 fully saturated rings. The molecule has 0 aliphatic carbocycles. The number of unbranched alkanes of at least 4 members (excludes halogenated alkanes) is 1. The molecule has 1 aromatic rings. The number of amides is 2. The number of esters is 1. The van der Waals surface area contributed by atoms with Crippen LogP contribution in [0.3, 0.4) is 0 Å². The SMILES string of the molecule is CCCCOC(=O)C1=C(C)NC(=O)N[C@@H]1c1ccccc1. The van der Waals surface area contributed by atoms with Gasteiger partial charge in [-0.3, -0.25) is 0 Å². The molecule has 2 N–H and O–H groups in total. The fourth-order valence-electron chi connectivity index (χ4n) is 2.25. The molecule has 112 valence electrons. The first kappa shape index (κ1) is 15.1. The predicted octanol–water partition coefficient (Wildman–Crippen LogP) is 2.66. The number of nitrogens with one attached hydrogen (secondary N) is 2. The minimum atomic E-state index is -0.478. The number of urea groups is 1. The van der Waals surface area contributed by atoms with Gasteiger partial charge in [0.2, 0.25) is 0 Å². The molecule has 0 spiro atoms. The second kappa shape index (κ2) is 6.92. The fraction of sp³-hybridized carbons (Fsp3) is 0.375. The molecule has 1 aliphatic rings. The summed E-state index contributed by atoms with van der Waals surface area (Å²) in [5.41, 5.74) is 1.85. The fourth-order valence-corrected chi connectivity index (χ4v) is 2.25. The maximum absolute atomic E-state index is 12.3. The normalized spacial score (nSPS) is 18.0. The Morgan fingerprint density at radius 2 is 2.00 bits per heavy atom. The Morgan fingerprint density at radius 3 is 2.67 bits per heavy atom. The molecule has 5 nitrogen and oxygen atoms in total. The molecule has 1 aliphatic heterocycles. The smallest absolute Gasteiger partial charge is 0.338 e. The number of rotatable bonds is 5. The zero-order valence-electron chi connectivity index (χ0n) is 12.3. The van der Waals surface area contributed by atoms with Crippen molar-refractivity contribution in [1.82, 2.24) is 10.6 Å². The summed E-state index contributed by atoms with van der Waals surface area (Å²) < 4.78 is 5.29. The van der Waals surface area contributed by atoms with Gasteiger partial charge in [0.15, 0.2) is 0 Å². The van der Waals surface area contributed by atoms with E-state index in [2.05, 4.69) is 10.6 Å². The molecule has 5 heteroatoms. The molecule has 2 amide bonds. The van der Waals surface area contributed by atoms with Crippen molar-refractivity contribution in [2.24, 2.45) is 0 Å². The number of ether oxygens (including phenoxy) is 1. The van der Waals surface area contributed by atoms with E-state index in [1.54, 1.807) is 6.92 Å². The molecule has 0 aromatic heterocycles. The Bertz CT molecular complexity index is 552. The van der Waals surface area contributed by atoms with Gasteiger partial charge in [0.25, 0.3) is 0 Å². The lowest BCUT2D eigenvalue weighted by atomic mass is 9.96. The molecule has 1 atom stereocenters. The minimum absolute atomic E-state index is 0.313. The maximum Gasteiger partial charge on any atom is 0.338 e. The van der Waals surface area contributed by atoms with E-state index in [-0.39, 0.29) is 12.0 Å². The van der Waals surface area contributed by atoms with Crippen LogP contribution in [0.5, 0.6) is 0 Å². The highest BCUT2D eigenvalue weighted by Gasteiger charge is 2.31. The quantitative estimate of drug-likeness (QED) is 0.646. The Kier molecular flexibility index (Phi) is 4.98. The number of hydrogen-bond donors (Lipinski definition) is 2. The van der Waals surface area contributed by atoms with Crippen molar-refractivity contribution in [3.63, 3.8) is 0 Å². The zero-order chi connectivity index (χ0) is 15.2. The van der Waals surface area contributed by atoms with E-state index in [1.165, 1.54) is 0 Å². The largest absolute Gasteiger partial charge is 0.462 e. The van der Waals surface area contributed by atoms with E-state index in [1.807, 2.05) is 37.3 Å². The summed E-state index contributed by atoms with van der Waals surface area (Å²) >= 11 is 0. The molecular formula is C16H20N2O3. The molecule has 0 saturated heterocycles. The van der Waals surface area contributed by atoms with E-state index < -0.39 is 6.04 Å². The highest BCUT2D eigenvalue weighted by Crippen LogP contribution is 2.27. The van der Waals surface area contributed by atoms with Gasteiger partial charge in [-0.05, 0) is 18.9 Å². The van der Waals surface area contributed by atoms with Gasteiger partial charge in [-0.1, -0.05) is 43.7 Å². The highest BCUT2D eigenvalue weighted by atomic mass is 16.5. The van der Waals surface area contributed by atoms with Crippen molar-refractivity contribution < 1.29 is 14.3 Å². The van der Waals surface area contributed by atoms with Gasteiger partial charge >= 0.3 is 12.0 Å². The van der Waals surface area contributed by atoms with Gasteiger partial charge in [0.05, 0.1) is 18.2 Å². The predicted molar refractivity (Wildman–Crippen MR) is 79.4 cm³/mol. The summed E-state index contributed by atoms with van der Waals surface area (Å²) in [6.45, 7) is 4.14. The number of carbonyl (C=O) groups excluding carboxylic acids is 2. The van der Waals surface area contributed by atoms with Gasteiger partial charge in [0.1, 0.15) is 0 Å². The molecule has 1 aromatic carbocycles. The van der Waals surface area contributed by atoms with E-state index >= 15 is 0 Å². The average Bonchev–Trinajstić information content (AvgIpc) is 2.47. The van der Waals surface area contributed by atoms with E-state index in [4.69, 9.17) is 4.74 Å². The Balaban J connectivity index is 2.26. The Hall–Kier alpha value is -2.30. The first-order chi connectivity index (χ1) is 10.1. The van der Waals surface area contributed by atoms with Crippen LogP contribution >= 0.6 is 0 Å². The second-order valence-corrected chi connectivity index (χ2v) is 4.97. The standard InChI is InChI=1S/C16H20N2O3/c1-3-4-10-21-15(19)13-11(2)17-16(20)18-14(13)12-8-6-5-7-9-12/h5-9,14H,3-4,10H2,1-2H3,(H2,17,18,20)/t14-/m1/s1. The number of allylic oxidation sites excluding steroid dienone is 1. The third-order valence-electron chi connectivity index (χ3n) is 3.35. The second-order valence-electron chi connectivity index (χ2n) is 4.97. The molecular weight excluding hydrogens is 268 g/mol. The number of benzene rings is 1. The zero-order valence-corrected chi connectivity index (χ0v) is 12.3. The average molecular weight is 288 g/mol. The summed E-state index contributed by atoms with van der Waals surface area (Å²) in [6, 6.07) is 8.60. The topological polar surface area (TPSA) is 67.4 Å². The summed E-state index contributed by atoms with van der Waals surface area (Å²) in [5, 5.41) is 5.40. The molecule has 0 unspecified atom stereocenters. The lowest BCUT2D eigenvalue weighted by Gasteiger charge is -2.28. The molecule has 21 heavy (non-hydrogen) atoms. The molecule has 2 rings (SSSR count). The first-order valence-electron chi connectivity index (χ1n) is 7.13. The van der Waals surface area contributed by atoms with Gasteiger partial charge in [0, 0.05) is 5.70 Å². The third-order valence-corrected chi connectivity index (χ3v) is 3.35. The summed E-state index contributed by atoms with van der Waals surface area (Å²) in [4.78, 5) is 24.0. The van der Waals surface area contributed by atoms with Gasteiger partial charge < -0.3 is 15.4 Å². The van der Waals surface area contributed by atoms with Crippen molar-refractivity contribution in [3.8, 4) is 0 Å². The number of carbonyl (C=O) groups is 2. The van der Waals surface area contributed by atoms with Crippen LogP contribution in [0.4, 0.5) is 4.79 Å². The minimum Gasteiger partial charge on any atom is -0.462 e. The van der Waals surface area contributed by atoms with Gasteiger partial charge in [-0.25, -0.2) is 9.59 Å². The van der Waals surface area contributed by atoms with Crippen LogP contribution in [0.15, 0.2) is 41.6 Å². The lowest BCUT2D eigenvalue weighted by molar-refractivity contribution is -0.139. The Labute approximate surface area is 124 Å². The Morgan fingerprint density at radius 1 is 1.29 bits per heavy atom. The maximum atomic E-state index is 12.3. The van der Waals surface area contributed by atoms with Crippen LogP contribution in [0.1, 0.15) is 38.3 Å². The molecule has 1 heterocycles. The molecule has 0 bridgehead atoms. The first-order valence-corrected chi connectivity index (χ1v) is 7.13. The van der Waals surface area contributed by atoms with Crippen molar-refractivity contribution in [1.29, 1.82) is 0 Å². The molecule has 0 saturated carbocycles. The van der Waals surface area contributed by atoms with Gasteiger partial charge in [-0.15, -0.1) is 0 Å². The lowest BCUT2D eigenvalue weighted by Crippen LogP contribution is -2.45. The third kappa shape index (κ3) is 3.62. The summed E-state index contributed by atoms with van der Waals surface area (Å²) in [7, 11) is 0. The van der Waals surface area contributed by atoms with E-state index in [0.29, 0.717) is 17.9 Å². The summed E-state index contributed by atoms with van der Waals surface area (Å²) in [5.74, 6) is -0.387. The molecule has 0 radical (unpaired) electrons. The van der Waals surface area contributed by atoms with Gasteiger partial charge in [-0.2, -0.15) is 0 Å².